The molecule has 0 bridgehead atoms. The van der Waals surface area contributed by atoms with Gasteiger partial charge in [0.05, 0.1) is 22.9 Å². The van der Waals surface area contributed by atoms with Gasteiger partial charge in [-0.1, -0.05) is 12.1 Å². The van der Waals surface area contributed by atoms with Crippen molar-refractivity contribution in [2.75, 3.05) is 11.9 Å². The predicted octanol–water partition coefficient (Wildman–Crippen LogP) is 3.01. The third-order valence-electron chi connectivity index (χ3n) is 3.59. The lowest BCUT2D eigenvalue weighted by molar-refractivity contribution is 0.852. The van der Waals surface area contributed by atoms with Gasteiger partial charge < -0.3 is 5.32 Å². The van der Waals surface area contributed by atoms with Crippen LogP contribution in [0.5, 0.6) is 0 Å². The molecule has 3 rings (SSSR count). The molecule has 0 saturated carbocycles. The summed E-state index contributed by atoms with van der Waals surface area (Å²) in [6.45, 7) is 4.91. The topological polar surface area (TPSA) is 66.5 Å². The number of anilines is 1. The predicted molar refractivity (Wildman–Crippen MR) is 84.4 cm³/mol. The molecule has 0 amide bonds. The Labute approximate surface area is 123 Å². The Balaban J connectivity index is 1.62. The third kappa shape index (κ3) is 3.02. The van der Waals surface area contributed by atoms with Crippen LogP contribution in [0.25, 0.3) is 11.0 Å². The van der Waals surface area contributed by atoms with Crippen LogP contribution in [0.1, 0.15) is 23.4 Å². The van der Waals surface area contributed by atoms with E-state index in [4.69, 9.17) is 0 Å². The van der Waals surface area contributed by atoms with Gasteiger partial charge in [-0.2, -0.15) is 5.10 Å². The summed E-state index contributed by atoms with van der Waals surface area (Å²) in [5, 5.41) is 10.4. The van der Waals surface area contributed by atoms with Crippen LogP contribution in [0.3, 0.4) is 0 Å². The molecule has 0 aliphatic carbocycles. The number of hydrogen-bond acceptors (Lipinski definition) is 4. The fourth-order valence-electron chi connectivity index (χ4n) is 2.37. The molecule has 0 atom stereocenters. The maximum atomic E-state index is 4.63. The van der Waals surface area contributed by atoms with E-state index in [1.54, 1.807) is 0 Å². The number of aromatic nitrogens is 4. The summed E-state index contributed by atoms with van der Waals surface area (Å²) in [7, 11) is 0. The number of hydrogen-bond donors (Lipinski definition) is 2. The average molecular weight is 281 g/mol. The van der Waals surface area contributed by atoms with Gasteiger partial charge >= 0.3 is 0 Å². The molecule has 0 saturated heterocycles. The number of fused-ring (bicyclic) bond motifs is 1. The Morgan fingerprint density at radius 1 is 1.10 bits per heavy atom. The minimum absolute atomic E-state index is 0.873. The molecule has 108 valence electrons. The molecule has 0 spiro atoms. The molecule has 2 aromatic heterocycles. The maximum Gasteiger partial charge on any atom is 0.148 e. The van der Waals surface area contributed by atoms with E-state index in [1.807, 2.05) is 37.4 Å². The maximum absolute atomic E-state index is 4.63. The summed E-state index contributed by atoms with van der Waals surface area (Å²) in [6, 6.07) is 7.94. The van der Waals surface area contributed by atoms with Crippen LogP contribution in [0, 0.1) is 13.8 Å². The first kappa shape index (κ1) is 13.5. The Morgan fingerprint density at radius 2 is 1.86 bits per heavy atom. The largest absolute Gasteiger partial charge is 0.369 e. The molecule has 0 aliphatic rings. The van der Waals surface area contributed by atoms with Crippen LogP contribution in [-0.2, 0) is 6.42 Å². The van der Waals surface area contributed by atoms with Crippen molar-refractivity contribution in [1.29, 1.82) is 0 Å². The van der Waals surface area contributed by atoms with Crippen molar-refractivity contribution >= 4 is 16.9 Å². The Bertz CT molecular complexity index is 747. The second kappa shape index (κ2) is 5.91. The molecule has 0 fully saturated rings. The molecular formula is C16H19N5. The molecule has 2 N–H and O–H groups in total. The first-order valence-electron chi connectivity index (χ1n) is 7.20. The van der Waals surface area contributed by atoms with E-state index in [0.717, 1.165) is 47.6 Å². The second-order valence-electron chi connectivity index (χ2n) is 5.20. The van der Waals surface area contributed by atoms with Gasteiger partial charge in [0.1, 0.15) is 5.82 Å². The van der Waals surface area contributed by atoms with Crippen LogP contribution in [0.2, 0.25) is 0 Å². The van der Waals surface area contributed by atoms with E-state index in [0.29, 0.717) is 0 Å². The smallest absolute Gasteiger partial charge is 0.148 e. The Kier molecular flexibility index (Phi) is 3.81. The van der Waals surface area contributed by atoms with Crippen molar-refractivity contribution in [2.45, 2.75) is 26.7 Å². The number of H-pyrrole nitrogens is 1. The van der Waals surface area contributed by atoms with Gasteiger partial charge in [-0.25, -0.2) is 9.97 Å². The molecule has 0 aliphatic heterocycles. The molecular weight excluding hydrogens is 262 g/mol. The number of aryl methyl sites for hydroxylation is 3. The summed E-state index contributed by atoms with van der Waals surface area (Å²) in [5.74, 6) is 0.873. The number of benzene rings is 1. The number of nitrogens with zero attached hydrogens (tertiary/aromatic N) is 3. The van der Waals surface area contributed by atoms with E-state index in [1.165, 1.54) is 5.56 Å². The van der Waals surface area contributed by atoms with Crippen molar-refractivity contribution in [3.05, 3.63) is 47.4 Å². The SMILES string of the molecule is Cc1nc2ccccc2nc1NCCCc1cn[nH]c1C. The molecule has 5 nitrogen and oxygen atoms in total. The van der Waals surface area contributed by atoms with Gasteiger partial charge in [0, 0.05) is 12.2 Å². The van der Waals surface area contributed by atoms with Crippen LogP contribution in [0.15, 0.2) is 30.5 Å². The molecule has 1 aromatic carbocycles. The van der Waals surface area contributed by atoms with Gasteiger partial charge in [0.2, 0.25) is 0 Å². The molecule has 0 radical (unpaired) electrons. The standard InChI is InChI=1S/C16H19N5/c1-11-13(10-18-21-11)6-5-9-17-16-12(2)19-14-7-3-4-8-15(14)20-16/h3-4,7-8,10H,5-6,9H2,1-2H3,(H,17,20)(H,18,21). The third-order valence-corrected chi connectivity index (χ3v) is 3.59. The summed E-state index contributed by atoms with van der Waals surface area (Å²) in [6.07, 6.45) is 3.94. The van der Waals surface area contributed by atoms with Crippen molar-refractivity contribution < 1.29 is 0 Å². The van der Waals surface area contributed by atoms with Gasteiger partial charge in [-0.15, -0.1) is 0 Å². The van der Waals surface area contributed by atoms with E-state index >= 15 is 0 Å². The minimum atomic E-state index is 0.873. The lowest BCUT2D eigenvalue weighted by Gasteiger charge is -2.09. The highest BCUT2D eigenvalue weighted by molar-refractivity contribution is 5.76. The summed E-state index contributed by atoms with van der Waals surface area (Å²) < 4.78 is 0. The highest BCUT2D eigenvalue weighted by atomic mass is 15.1. The van der Waals surface area contributed by atoms with Crippen molar-refractivity contribution in [1.82, 2.24) is 20.2 Å². The van der Waals surface area contributed by atoms with Crippen LogP contribution >= 0.6 is 0 Å². The highest BCUT2D eigenvalue weighted by Gasteiger charge is 2.05. The van der Waals surface area contributed by atoms with Crippen LogP contribution in [-0.4, -0.2) is 26.7 Å². The monoisotopic (exact) mass is 281 g/mol. The Morgan fingerprint density at radius 3 is 2.57 bits per heavy atom. The van der Waals surface area contributed by atoms with Crippen molar-refractivity contribution in [3.8, 4) is 0 Å². The normalized spacial score (nSPS) is 11.0. The Hall–Kier alpha value is -2.43. The van der Waals surface area contributed by atoms with Crippen LogP contribution < -0.4 is 5.32 Å². The van der Waals surface area contributed by atoms with Crippen molar-refractivity contribution in [2.24, 2.45) is 0 Å². The average Bonchev–Trinajstić information content (AvgIpc) is 2.89. The zero-order chi connectivity index (χ0) is 14.7. The molecule has 21 heavy (non-hydrogen) atoms. The summed E-state index contributed by atoms with van der Waals surface area (Å²) >= 11 is 0. The second-order valence-corrected chi connectivity index (χ2v) is 5.20. The van der Waals surface area contributed by atoms with Crippen LogP contribution in [0.4, 0.5) is 5.82 Å². The highest BCUT2D eigenvalue weighted by Crippen LogP contribution is 2.16. The zero-order valence-electron chi connectivity index (χ0n) is 12.3. The molecule has 0 unspecified atom stereocenters. The van der Waals surface area contributed by atoms with E-state index in [9.17, 15) is 0 Å². The number of rotatable bonds is 5. The first-order chi connectivity index (χ1) is 10.2. The first-order valence-corrected chi connectivity index (χ1v) is 7.20. The summed E-state index contributed by atoms with van der Waals surface area (Å²) in [5.41, 5.74) is 5.23. The fourth-order valence-corrected chi connectivity index (χ4v) is 2.37. The zero-order valence-corrected chi connectivity index (χ0v) is 12.3. The van der Waals surface area contributed by atoms with Gasteiger partial charge in [0.15, 0.2) is 0 Å². The number of para-hydroxylation sites is 2. The number of nitrogens with one attached hydrogen (secondary N) is 2. The molecule has 5 heteroatoms. The minimum Gasteiger partial charge on any atom is -0.369 e. The van der Waals surface area contributed by atoms with E-state index in [-0.39, 0.29) is 0 Å². The lowest BCUT2D eigenvalue weighted by atomic mass is 10.1. The van der Waals surface area contributed by atoms with Gasteiger partial charge in [-0.3, -0.25) is 5.10 Å². The van der Waals surface area contributed by atoms with Gasteiger partial charge in [0.25, 0.3) is 0 Å². The lowest BCUT2D eigenvalue weighted by Crippen LogP contribution is -2.07. The molecule has 3 aromatic rings. The van der Waals surface area contributed by atoms with Crippen molar-refractivity contribution in [3.63, 3.8) is 0 Å². The molecule has 2 heterocycles. The van der Waals surface area contributed by atoms with E-state index in [2.05, 4.69) is 32.4 Å². The summed E-state index contributed by atoms with van der Waals surface area (Å²) in [4.78, 5) is 9.21. The van der Waals surface area contributed by atoms with E-state index < -0.39 is 0 Å². The fraction of sp³-hybridized carbons (Fsp3) is 0.312. The number of aromatic amines is 1. The van der Waals surface area contributed by atoms with Gasteiger partial charge in [-0.05, 0) is 44.4 Å². The quantitative estimate of drug-likeness (QED) is 0.705.